The van der Waals surface area contributed by atoms with Crippen LogP contribution in [0.2, 0.25) is 0 Å². The quantitative estimate of drug-likeness (QED) is 0.647. The standard InChI is InChI=1S/C6H6INO2/c9-7(10)8-6-4-2-1-3-5-6/h1-5H,(H,8,9,10). The lowest BCUT2D eigenvalue weighted by Gasteiger charge is -1.92. The van der Waals surface area contributed by atoms with E-state index in [1.165, 1.54) is 0 Å². The van der Waals surface area contributed by atoms with Crippen LogP contribution in [0.1, 0.15) is 0 Å². The third kappa shape index (κ3) is 2.30. The maximum atomic E-state index is 10.2. The van der Waals surface area contributed by atoms with Gasteiger partial charge in [0.1, 0.15) is 0 Å². The number of anilines is 1. The molecule has 0 aliphatic carbocycles. The fourth-order valence-electron chi connectivity index (χ4n) is 0.590. The van der Waals surface area contributed by atoms with E-state index in [9.17, 15) is 6.14 Å². The van der Waals surface area contributed by atoms with Crippen LogP contribution in [0.25, 0.3) is 0 Å². The molecule has 0 bridgehead atoms. The molecular weight excluding hydrogens is 245 g/mol. The van der Waals surface area contributed by atoms with Crippen LogP contribution in [0.15, 0.2) is 30.3 Å². The molecule has 0 heterocycles. The molecule has 1 aromatic rings. The highest BCUT2D eigenvalue weighted by Gasteiger charge is 1.89. The van der Waals surface area contributed by atoms with Crippen LogP contribution in [-0.4, -0.2) is 0 Å². The van der Waals surface area contributed by atoms with Gasteiger partial charge in [-0.05, 0) is 12.1 Å². The van der Waals surface area contributed by atoms with Gasteiger partial charge in [0, 0.05) is 5.69 Å². The number of nitrogens with one attached hydrogen (secondary N) is 1. The molecule has 0 aromatic heterocycles. The lowest BCUT2D eigenvalue weighted by Crippen LogP contribution is -1.78. The third-order valence-electron chi connectivity index (χ3n) is 0.960. The first kappa shape index (κ1) is 7.46. The molecular formula is C6H6INO2. The minimum absolute atomic E-state index is 0.637. The van der Waals surface area contributed by atoms with Crippen LogP contribution in [0, 0.1) is 0 Å². The lowest BCUT2D eigenvalue weighted by atomic mass is 10.3. The molecule has 0 amide bonds. The van der Waals surface area contributed by atoms with Gasteiger partial charge >= 0.3 is 20.1 Å². The summed E-state index contributed by atoms with van der Waals surface area (Å²) in [6, 6.07) is 8.81. The Morgan fingerprint density at radius 2 is 1.70 bits per heavy atom. The van der Waals surface area contributed by atoms with Crippen molar-refractivity contribution < 1.29 is 6.14 Å². The molecule has 0 saturated carbocycles. The van der Waals surface area contributed by atoms with Gasteiger partial charge in [0.05, 0.1) is 0 Å². The van der Waals surface area contributed by atoms with Gasteiger partial charge in [0.15, 0.2) is 0 Å². The molecule has 0 spiro atoms. The maximum Gasteiger partial charge on any atom is 0.417 e. The zero-order valence-corrected chi connectivity index (χ0v) is 7.24. The first-order valence-corrected chi connectivity index (χ1v) is 5.50. The molecule has 3 nitrogen and oxygen atoms in total. The molecule has 0 radical (unpaired) electrons. The van der Waals surface area contributed by atoms with Gasteiger partial charge in [0.25, 0.3) is 0 Å². The first-order valence-electron chi connectivity index (χ1n) is 2.66. The Kier molecular flexibility index (Phi) is 2.61. The highest BCUT2D eigenvalue weighted by Crippen LogP contribution is 2.12. The fourth-order valence-corrected chi connectivity index (χ4v) is 1.46. The van der Waals surface area contributed by atoms with E-state index in [4.69, 9.17) is 0 Å². The van der Waals surface area contributed by atoms with Crippen molar-refractivity contribution in [2.45, 2.75) is 0 Å². The van der Waals surface area contributed by atoms with Gasteiger partial charge in [-0.25, -0.2) is 6.14 Å². The van der Waals surface area contributed by atoms with E-state index in [0.29, 0.717) is 5.69 Å². The normalized spacial score (nSPS) is 9.70. The van der Waals surface area contributed by atoms with Crippen molar-refractivity contribution in [1.29, 1.82) is 0 Å². The van der Waals surface area contributed by atoms with Gasteiger partial charge in [-0.2, -0.15) is 0 Å². The molecule has 10 heavy (non-hydrogen) atoms. The average Bonchev–Trinajstić information content (AvgIpc) is 1.88. The predicted octanol–water partition coefficient (Wildman–Crippen LogP) is 2.21. The Hall–Kier alpha value is -0.650. The first-order chi connectivity index (χ1) is 4.79. The summed E-state index contributed by atoms with van der Waals surface area (Å²) in [7, 11) is 0. The topological polar surface area (TPSA) is 46.2 Å². The van der Waals surface area contributed by atoms with Crippen molar-refractivity contribution in [3.8, 4) is 0 Å². The summed E-state index contributed by atoms with van der Waals surface area (Å²) in [4.78, 5) is 0. The van der Waals surface area contributed by atoms with E-state index in [1.54, 1.807) is 24.3 Å². The molecule has 1 aromatic carbocycles. The van der Waals surface area contributed by atoms with Crippen molar-refractivity contribution in [3.63, 3.8) is 0 Å². The Morgan fingerprint density at radius 3 is 2.20 bits per heavy atom. The zero-order valence-electron chi connectivity index (χ0n) is 5.08. The predicted molar refractivity (Wildman–Crippen MR) is 45.5 cm³/mol. The molecule has 1 N–H and O–H groups in total. The highest BCUT2D eigenvalue weighted by atomic mass is 127. The van der Waals surface area contributed by atoms with E-state index in [-0.39, 0.29) is 0 Å². The third-order valence-corrected chi connectivity index (χ3v) is 2.02. The average molecular weight is 251 g/mol. The number of hydrogen-bond donors (Lipinski definition) is 1. The summed E-state index contributed by atoms with van der Waals surface area (Å²) < 4.78 is 22.7. The Morgan fingerprint density at radius 1 is 1.10 bits per heavy atom. The van der Waals surface area contributed by atoms with Crippen molar-refractivity contribution in [2.75, 3.05) is 3.53 Å². The Bertz CT molecular complexity index is 260. The number of benzene rings is 1. The van der Waals surface area contributed by atoms with Gasteiger partial charge in [-0.15, -0.1) is 0 Å². The molecule has 4 heteroatoms. The second-order valence-corrected chi connectivity index (χ2v) is 3.46. The minimum Gasteiger partial charge on any atom is -0.279 e. The molecule has 0 atom stereocenters. The van der Waals surface area contributed by atoms with Crippen molar-refractivity contribution in [1.82, 2.24) is 0 Å². The number of hydrogen-bond acceptors (Lipinski definition) is 2. The van der Waals surface area contributed by atoms with E-state index in [2.05, 4.69) is 3.53 Å². The van der Waals surface area contributed by atoms with Crippen LogP contribution < -0.4 is 3.53 Å². The molecule has 0 unspecified atom stereocenters. The van der Waals surface area contributed by atoms with Gasteiger partial charge < -0.3 is 0 Å². The zero-order chi connectivity index (χ0) is 7.40. The van der Waals surface area contributed by atoms with E-state index < -0.39 is 20.1 Å². The van der Waals surface area contributed by atoms with Gasteiger partial charge in [-0.3, -0.25) is 3.53 Å². The molecule has 0 saturated heterocycles. The van der Waals surface area contributed by atoms with Crippen molar-refractivity contribution in [2.24, 2.45) is 0 Å². The molecule has 54 valence electrons. The summed E-state index contributed by atoms with van der Waals surface area (Å²) in [6.45, 7) is 0. The number of rotatable bonds is 2. The molecule has 0 fully saturated rings. The Balaban J connectivity index is 2.77. The van der Waals surface area contributed by atoms with E-state index in [0.717, 1.165) is 0 Å². The summed E-state index contributed by atoms with van der Waals surface area (Å²) in [5, 5.41) is 0. The largest absolute Gasteiger partial charge is 0.417 e. The van der Waals surface area contributed by atoms with Crippen LogP contribution in [0.4, 0.5) is 5.69 Å². The molecule has 0 aliphatic heterocycles. The summed E-state index contributed by atoms with van der Waals surface area (Å²) in [6.07, 6.45) is 0. The van der Waals surface area contributed by atoms with Crippen LogP contribution in [0.3, 0.4) is 0 Å². The second kappa shape index (κ2) is 3.50. The lowest BCUT2D eigenvalue weighted by molar-refractivity contribution is 0.610. The van der Waals surface area contributed by atoms with Crippen LogP contribution in [-0.2, 0) is 6.14 Å². The number of para-hydroxylation sites is 1. The summed E-state index contributed by atoms with van der Waals surface area (Å²) in [5.74, 6) is 0. The van der Waals surface area contributed by atoms with Gasteiger partial charge in [-0.1, -0.05) is 18.2 Å². The van der Waals surface area contributed by atoms with Crippen molar-refractivity contribution >= 4 is 25.8 Å². The van der Waals surface area contributed by atoms with E-state index in [1.807, 2.05) is 6.07 Å². The van der Waals surface area contributed by atoms with Crippen LogP contribution >= 0.6 is 20.1 Å². The minimum atomic E-state index is -3.30. The maximum absolute atomic E-state index is 10.2. The van der Waals surface area contributed by atoms with Crippen LogP contribution in [0.5, 0.6) is 0 Å². The van der Waals surface area contributed by atoms with E-state index >= 15 is 0 Å². The SMILES string of the molecule is O=I(=O)Nc1ccccc1. The molecule has 0 aliphatic rings. The summed E-state index contributed by atoms with van der Waals surface area (Å²) >= 11 is -3.30. The highest BCUT2D eigenvalue weighted by molar-refractivity contribution is 14.2. The fraction of sp³-hybridized carbons (Fsp3) is 0. The second-order valence-electron chi connectivity index (χ2n) is 1.68. The number of halogens is 1. The van der Waals surface area contributed by atoms with Gasteiger partial charge in [0.2, 0.25) is 0 Å². The van der Waals surface area contributed by atoms with Crippen molar-refractivity contribution in [3.05, 3.63) is 30.3 Å². The molecule has 1 rings (SSSR count). The monoisotopic (exact) mass is 251 g/mol. The smallest absolute Gasteiger partial charge is 0.279 e. The summed E-state index contributed by atoms with van der Waals surface area (Å²) in [5.41, 5.74) is 0.637. The Labute approximate surface area is 65.9 Å².